The Bertz CT molecular complexity index is 204. The van der Waals surface area contributed by atoms with Gasteiger partial charge < -0.3 is 4.43 Å². The minimum atomic E-state index is -2.15. The first-order valence-electron chi connectivity index (χ1n) is 7.68. The highest BCUT2D eigenvalue weighted by molar-refractivity contribution is 6.66. The predicted molar refractivity (Wildman–Crippen MR) is 79.4 cm³/mol. The number of rotatable bonds is 10. The Morgan fingerprint density at radius 3 is 2.17 bits per heavy atom. The summed E-state index contributed by atoms with van der Waals surface area (Å²) in [4.78, 5) is 10.9. The molecule has 0 saturated heterocycles. The largest absolute Gasteiger partial charge is 0.440 e. The van der Waals surface area contributed by atoms with Gasteiger partial charge in [0.2, 0.25) is 0 Å². The van der Waals surface area contributed by atoms with E-state index in [1.54, 1.807) is 0 Å². The van der Waals surface area contributed by atoms with Gasteiger partial charge >= 0.3 is 8.80 Å². The molecule has 0 radical (unpaired) electrons. The average molecular weight is 273 g/mol. The number of nitrogens with one attached hydrogen (secondary N) is 3. The molecule has 1 fully saturated rings. The molecule has 1 aliphatic carbocycles. The Kier molecular flexibility index (Phi) is 8.09. The highest BCUT2D eigenvalue weighted by Crippen LogP contribution is 2.18. The maximum Gasteiger partial charge on any atom is 0.440 e. The van der Waals surface area contributed by atoms with Crippen molar-refractivity contribution in [2.24, 2.45) is 0 Å². The Hall–Kier alpha value is 0.0569. The molecule has 0 aromatic heterocycles. The Morgan fingerprint density at radius 2 is 1.67 bits per heavy atom. The van der Waals surface area contributed by atoms with Crippen molar-refractivity contribution in [3.05, 3.63) is 0 Å². The van der Waals surface area contributed by atoms with E-state index < -0.39 is 8.80 Å². The zero-order chi connectivity index (χ0) is 13.3. The molecule has 0 bridgehead atoms. The summed E-state index contributed by atoms with van der Waals surface area (Å²) in [6.07, 6.45) is 7.63. The molecular formula is C13H31N3OSi. The fraction of sp³-hybridized carbons (Fsp3) is 1.00. The van der Waals surface area contributed by atoms with Crippen molar-refractivity contribution >= 4 is 8.80 Å². The molecule has 0 aromatic rings. The molecular weight excluding hydrogens is 242 g/mol. The van der Waals surface area contributed by atoms with E-state index in [0.29, 0.717) is 6.04 Å². The Balaban J connectivity index is 2.55. The molecule has 0 heterocycles. The van der Waals surface area contributed by atoms with E-state index in [2.05, 4.69) is 35.7 Å². The summed E-state index contributed by atoms with van der Waals surface area (Å²) in [7, 11) is -2.15. The molecule has 3 N–H and O–H groups in total. The fourth-order valence-electron chi connectivity index (χ4n) is 2.53. The quantitative estimate of drug-likeness (QED) is 0.421. The molecule has 108 valence electrons. The van der Waals surface area contributed by atoms with Crippen LogP contribution in [0, 0.1) is 0 Å². The lowest BCUT2D eigenvalue weighted by Crippen LogP contribution is -2.75. The van der Waals surface area contributed by atoms with Gasteiger partial charge in [-0.2, -0.15) is 0 Å². The number of hydrogen-bond acceptors (Lipinski definition) is 4. The monoisotopic (exact) mass is 273 g/mol. The summed E-state index contributed by atoms with van der Waals surface area (Å²) >= 11 is 0. The lowest BCUT2D eigenvalue weighted by atomic mass is 10.3. The van der Waals surface area contributed by atoms with E-state index in [1.165, 1.54) is 32.1 Å². The van der Waals surface area contributed by atoms with E-state index in [-0.39, 0.29) is 0 Å². The van der Waals surface area contributed by atoms with E-state index in [1.807, 2.05) is 0 Å². The topological polar surface area (TPSA) is 45.3 Å². The van der Waals surface area contributed by atoms with Crippen LogP contribution in [0.3, 0.4) is 0 Å². The molecule has 0 spiro atoms. The van der Waals surface area contributed by atoms with Gasteiger partial charge in [-0.3, -0.25) is 14.9 Å². The van der Waals surface area contributed by atoms with Crippen LogP contribution in [-0.4, -0.2) is 34.5 Å². The summed E-state index contributed by atoms with van der Waals surface area (Å²) in [5.74, 6) is 0. The van der Waals surface area contributed by atoms with Crippen molar-refractivity contribution < 1.29 is 4.43 Å². The van der Waals surface area contributed by atoms with Gasteiger partial charge in [0, 0.05) is 12.6 Å². The lowest BCUT2D eigenvalue weighted by Gasteiger charge is -2.34. The van der Waals surface area contributed by atoms with Gasteiger partial charge in [0.15, 0.2) is 0 Å². The van der Waals surface area contributed by atoms with Crippen molar-refractivity contribution in [2.75, 3.05) is 19.7 Å². The van der Waals surface area contributed by atoms with Crippen LogP contribution in [-0.2, 0) is 4.43 Å². The van der Waals surface area contributed by atoms with Crippen molar-refractivity contribution in [3.63, 3.8) is 0 Å². The van der Waals surface area contributed by atoms with Crippen molar-refractivity contribution in [2.45, 2.75) is 65.3 Å². The SMILES string of the molecule is CCCCO[Si](NCC)(NCC)NC1CCCC1. The third-order valence-electron chi connectivity index (χ3n) is 3.43. The predicted octanol–water partition coefficient (Wildman–Crippen LogP) is 1.99. The summed E-state index contributed by atoms with van der Waals surface area (Å²) in [6.45, 7) is 9.26. The normalized spacial score (nSPS) is 17.5. The third kappa shape index (κ3) is 5.36. The van der Waals surface area contributed by atoms with Crippen LogP contribution >= 0.6 is 0 Å². The molecule has 4 nitrogen and oxygen atoms in total. The minimum absolute atomic E-state index is 0.636. The van der Waals surface area contributed by atoms with Gasteiger partial charge in [-0.1, -0.05) is 40.0 Å². The zero-order valence-corrected chi connectivity index (χ0v) is 13.3. The summed E-state index contributed by atoms with van der Waals surface area (Å²) in [6, 6.07) is 0.636. The summed E-state index contributed by atoms with van der Waals surface area (Å²) < 4.78 is 6.22. The maximum absolute atomic E-state index is 6.22. The van der Waals surface area contributed by atoms with E-state index >= 15 is 0 Å². The fourth-order valence-corrected chi connectivity index (χ4v) is 5.46. The Labute approximate surface area is 114 Å². The van der Waals surface area contributed by atoms with Crippen LogP contribution in [0.15, 0.2) is 0 Å². The molecule has 5 heteroatoms. The number of unbranched alkanes of at least 4 members (excludes halogenated alkanes) is 1. The lowest BCUT2D eigenvalue weighted by molar-refractivity contribution is 0.257. The van der Waals surface area contributed by atoms with Crippen LogP contribution in [0.4, 0.5) is 0 Å². The molecule has 1 rings (SSSR count). The molecule has 1 saturated carbocycles. The smallest absolute Gasteiger partial charge is 0.380 e. The molecule has 0 aromatic carbocycles. The van der Waals surface area contributed by atoms with Gasteiger partial charge in [-0.05, 0) is 32.4 Å². The second kappa shape index (κ2) is 9.04. The molecule has 0 unspecified atom stereocenters. The van der Waals surface area contributed by atoms with Crippen molar-refractivity contribution in [1.29, 1.82) is 0 Å². The van der Waals surface area contributed by atoms with Gasteiger partial charge in [-0.15, -0.1) is 0 Å². The maximum atomic E-state index is 6.22. The van der Waals surface area contributed by atoms with Gasteiger partial charge in [0.05, 0.1) is 0 Å². The van der Waals surface area contributed by atoms with Gasteiger partial charge in [0.25, 0.3) is 0 Å². The molecule has 18 heavy (non-hydrogen) atoms. The summed E-state index contributed by atoms with van der Waals surface area (Å²) in [5, 5.41) is 0. The first kappa shape index (κ1) is 16.1. The van der Waals surface area contributed by atoms with Crippen LogP contribution in [0.5, 0.6) is 0 Å². The van der Waals surface area contributed by atoms with Crippen LogP contribution < -0.4 is 14.9 Å². The zero-order valence-electron chi connectivity index (χ0n) is 12.3. The average Bonchev–Trinajstić information content (AvgIpc) is 2.83. The van der Waals surface area contributed by atoms with Crippen molar-refractivity contribution in [1.82, 2.24) is 14.9 Å². The standard InChI is InChI=1S/C13H31N3OSi/c1-4-7-12-17-18(14-5-2,15-6-3)16-13-10-8-9-11-13/h13-16H,4-12H2,1-3H3. The first-order valence-corrected chi connectivity index (χ1v) is 9.58. The Morgan fingerprint density at radius 1 is 1.06 bits per heavy atom. The van der Waals surface area contributed by atoms with Gasteiger partial charge in [-0.25, -0.2) is 0 Å². The molecule has 1 aliphatic rings. The van der Waals surface area contributed by atoms with Gasteiger partial charge in [0.1, 0.15) is 0 Å². The van der Waals surface area contributed by atoms with E-state index in [9.17, 15) is 0 Å². The van der Waals surface area contributed by atoms with Crippen LogP contribution in [0.2, 0.25) is 0 Å². The number of hydrogen-bond donors (Lipinski definition) is 3. The van der Waals surface area contributed by atoms with Crippen molar-refractivity contribution in [3.8, 4) is 0 Å². The van der Waals surface area contributed by atoms with E-state index in [4.69, 9.17) is 4.43 Å². The molecule has 0 atom stereocenters. The highest BCUT2D eigenvalue weighted by Gasteiger charge is 2.38. The van der Waals surface area contributed by atoms with E-state index in [0.717, 1.165) is 26.1 Å². The first-order chi connectivity index (χ1) is 8.76. The minimum Gasteiger partial charge on any atom is -0.380 e. The second-order valence-corrected chi connectivity index (χ2v) is 7.72. The third-order valence-corrected chi connectivity index (χ3v) is 6.59. The van der Waals surface area contributed by atoms with Crippen LogP contribution in [0.1, 0.15) is 59.3 Å². The summed E-state index contributed by atoms with van der Waals surface area (Å²) in [5.41, 5.74) is 0. The molecule has 0 amide bonds. The molecule has 0 aliphatic heterocycles. The van der Waals surface area contributed by atoms with Crippen LogP contribution in [0.25, 0.3) is 0 Å². The highest BCUT2D eigenvalue weighted by atomic mass is 28.4. The second-order valence-electron chi connectivity index (χ2n) is 5.07.